The first-order valence-corrected chi connectivity index (χ1v) is 6.81. The van der Waals surface area contributed by atoms with Gasteiger partial charge in [0.15, 0.2) is 6.10 Å². The molecule has 0 radical (unpaired) electrons. The quantitative estimate of drug-likeness (QED) is 0.607. The molecular weight excluding hydrogens is 338 g/mol. The van der Waals surface area contributed by atoms with Crippen LogP contribution in [0.1, 0.15) is 12.5 Å². The minimum absolute atomic E-state index is 0.138. The van der Waals surface area contributed by atoms with E-state index >= 15 is 0 Å². The summed E-state index contributed by atoms with van der Waals surface area (Å²) >= 11 is 3.31. The van der Waals surface area contributed by atoms with Gasteiger partial charge >= 0.3 is 5.97 Å². The van der Waals surface area contributed by atoms with Gasteiger partial charge in [0.1, 0.15) is 5.75 Å². The topological polar surface area (TPSA) is 75.6 Å². The number of ether oxygens (including phenoxy) is 1. The van der Waals surface area contributed by atoms with Crippen LogP contribution < -0.4 is 10.1 Å². The third kappa shape index (κ3) is 5.71. The summed E-state index contributed by atoms with van der Waals surface area (Å²) in [4.78, 5) is 22.2. The summed E-state index contributed by atoms with van der Waals surface area (Å²) in [6.45, 7) is 1.74. The highest BCUT2D eigenvalue weighted by atomic mass is 79.9. The van der Waals surface area contributed by atoms with Gasteiger partial charge in [-0.2, -0.15) is 0 Å². The third-order valence-electron chi connectivity index (χ3n) is 2.42. The smallest absolute Gasteiger partial charge is 0.328 e. The van der Waals surface area contributed by atoms with Crippen molar-refractivity contribution in [1.29, 1.82) is 0 Å². The van der Waals surface area contributed by atoms with Crippen LogP contribution >= 0.6 is 15.9 Å². The molecule has 21 heavy (non-hydrogen) atoms. The molecule has 0 aliphatic carbocycles. The van der Waals surface area contributed by atoms with Crippen LogP contribution in [0.25, 0.3) is 6.08 Å². The van der Waals surface area contributed by atoms with E-state index in [1.165, 1.54) is 6.08 Å². The first-order chi connectivity index (χ1) is 9.93. The third-order valence-corrected chi connectivity index (χ3v) is 3.14. The van der Waals surface area contributed by atoms with Crippen molar-refractivity contribution in [3.63, 3.8) is 0 Å². The normalized spacial score (nSPS) is 11.7. The van der Waals surface area contributed by atoms with Gasteiger partial charge in [-0.25, -0.2) is 4.79 Å². The number of halogens is 1. The first kappa shape index (κ1) is 16.8. The highest BCUT2D eigenvalue weighted by Gasteiger charge is 2.14. The highest BCUT2D eigenvalue weighted by molar-refractivity contribution is 9.10. The number of carboxylic acids is 1. The Morgan fingerprint density at radius 2 is 2.29 bits per heavy atom. The molecular formula is C15H14BrNO4. The summed E-state index contributed by atoms with van der Waals surface area (Å²) < 4.78 is 6.21. The number of hydrogen-bond acceptors (Lipinski definition) is 3. The van der Waals surface area contributed by atoms with Crippen molar-refractivity contribution < 1.29 is 19.4 Å². The number of terminal acetylenes is 1. The van der Waals surface area contributed by atoms with E-state index in [0.717, 1.165) is 10.5 Å². The first-order valence-electron chi connectivity index (χ1n) is 6.02. The monoisotopic (exact) mass is 351 g/mol. The lowest BCUT2D eigenvalue weighted by Gasteiger charge is -2.14. The van der Waals surface area contributed by atoms with Crippen molar-refractivity contribution in [3.8, 4) is 18.1 Å². The molecule has 0 bridgehead atoms. The number of carbonyl (C=O) groups is 2. The zero-order chi connectivity index (χ0) is 15.8. The molecule has 0 saturated heterocycles. The van der Waals surface area contributed by atoms with Crippen LogP contribution in [0.2, 0.25) is 0 Å². The SMILES string of the molecule is C#CCNC(=O)C(C)Oc1ccc(Br)c(/C=C/C(=O)O)c1. The number of carbonyl (C=O) groups excluding carboxylic acids is 1. The predicted molar refractivity (Wildman–Crippen MR) is 82.7 cm³/mol. The van der Waals surface area contributed by atoms with Crippen LogP contribution in [0, 0.1) is 12.3 Å². The molecule has 0 aromatic heterocycles. The summed E-state index contributed by atoms with van der Waals surface area (Å²) in [5, 5.41) is 11.2. The van der Waals surface area contributed by atoms with Gasteiger partial charge in [0, 0.05) is 10.5 Å². The fourth-order valence-corrected chi connectivity index (χ4v) is 1.80. The molecule has 0 spiro atoms. The number of hydrogen-bond donors (Lipinski definition) is 2. The van der Waals surface area contributed by atoms with Crippen LogP contribution in [0.15, 0.2) is 28.7 Å². The number of benzene rings is 1. The van der Waals surface area contributed by atoms with Crippen molar-refractivity contribution in [2.75, 3.05) is 6.54 Å². The summed E-state index contributed by atoms with van der Waals surface area (Å²) in [7, 11) is 0. The molecule has 0 fully saturated rings. The van der Waals surface area contributed by atoms with Gasteiger partial charge in [0.2, 0.25) is 0 Å². The van der Waals surface area contributed by atoms with Crippen LogP contribution in [-0.2, 0) is 9.59 Å². The zero-order valence-corrected chi connectivity index (χ0v) is 12.9. The number of aliphatic carboxylic acids is 1. The van der Waals surface area contributed by atoms with Crippen molar-refractivity contribution in [2.24, 2.45) is 0 Å². The molecule has 5 nitrogen and oxygen atoms in total. The van der Waals surface area contributed by atoms with E-state index in [-0.39, 0.29) is 12.5 Å². The summed E-state index contributed by atoms with van der Waals surface area (Å²) in [6.07, 6.45) is 6.80. The predicted octanol–water partition coefficient (Wildman–Crippen LogP) is 2.06. The van der Waals surface area contributed by atoms with Gasteiger partial charge in [-0.15, -0.1) is 6.42 Å². The van der Waals surface area contributed by atoms with Gasteiger partial charge in [-0.3, -0.25) is 4.79 Å². The highest BCUT2D eigenvalue weighted by Crippen LogP contribution is 2.24. The van der Waals surface area contributed by atoms with E-state index in [2.05, 4.69) is 27.2 Å². The molecule has 2 N–H and O–H groups in total. The van der Waals surface area contributed by atoms with E-state index in [1.54, 1.807) is 25.1 Å². The Morgan fingerprint density at radius 1 is 1.57 bits per heavy atom. The van der Waals surface area contributed by atoms with Gasteiger partial charge in [-0.1, -0.05) is 21.9 Å². The molecule has 0 aliphatic heterocycles. The Balaban J connectivity index is 2.80. The largest absolute Gasteiger partial charge is 0.481 e. The summed E-state index contributed by atoms with van der Waals surface area (Å²) in [6, 6.07) is 5.02. The van der Waals surface area contributed by atoms with Gasteiger partial charge in [0.25, 0.3) is 5.91 Å². The van der Waals surface area contributed by atoms with Crippen molar-refractivity contribution in [2.45, 2.75) is 13.0 Å². The van der Waals surface area contributed by atoms with Gasteiger partial charge in [0.05, 0.1) is 6.54 Å². The Hall–Kier alpha value is -2.26. The maximum absolute atomic E-state index is 11.6. The van der Waals surface area contributed by atoms with Gasteiger partial charge in [-0.05, 0) is 36.8 Å². The molecule has 1 unspecified atom stereocenters. The van der Waals surface area contributed by atoms with E-state index in [4.69, 9.17) is 16.3 Å². The van der Waals surface area contributed by atoms with Crippen molar-refractivity contribution in [3.05, 3.63) is 34.3 Å². The van der Waals surface area contributed by atoms with Crippen LogP contribution in [-0.4, -0.2) is 29.6 Å². The second-order valence-corrected chi connectivity index (χ2v) is 4.89. The molecule has 0 heterocycles. The fraction of sp³-hybridized carbons (Fsp3) is 0.200. The zero-order valence-electron chi connectivity index (χ0n) is 11.3. The molecule has 1 atom stereocenters. The second-order valence-electron chi connectivity index (χ2n) is 4.04. The molecule has 0 saturated carbocycles. The average molecular weight is 352 g/mol. The Labute approximate surface area is 131 Å². The molecule has 1 amide bonds. The summed E-state index contributed by atoms with van der Waals surface area (Å²) in [5.74, 6) is 1.39. The Kier molecular flexibility index (Phi) is 6.50. The van der Waals surface area contributed by atoms with E-state index in [1.807, 2.05) is 0 Å². The molecule has 1 rings (SSSR count). The van der Waals surface area contributed by atoms with Crippen LogP contribution in [0.5, 0.6) is 5.75 Å². The van der Waals surface area contributed by atoms with Crippen molar-refractivity contribution >= 4 is 33.9 Å². The van der Waals surface area contributed by atoms with Crippen LogP contribution in [0.4, 0.5) is 0 Å². The van der Waals surface area contributed by atoms with E-state index < -0.39 is 12.1 Å². The number of carboxylic acid groups (broad SMARTS) is 1. The molecule has 110 valence electrons. The van der Waals surface area contributed by atoms with E-state index in [9.17, 15) is 9.59 Å². The minimum Gasteiger partial charge on any atom is -0.481 e. The van der Waals surface area contributed by atoms with Gasteiger partial charge < -0.3 is 15.2 Å². The number of nitrogens with one attached hydrogen (secondary N) is 1. The number of amides is 1. The standard InChI is InChI=1S/C15H14BrNO4/c1-3-8-17-15(20)10(2)21-12-5-6-13(16)11(9-12)4-7-14(18)19/h1,4-7,9-10H,8H2,2H3,(H,17,20)(H,18,19)/b7-4+. The van der Waals surface area contributed by atoms with Crippen LogP contribution in [0.3, 0.4) is 0 Å². The fourth-order valence-electron chi connectivity index (χ4n) is 1.42. The lowest BCUT2D eigenvalue weighted by atomic mass is 10.2. The Bertz CT molecular complexity index is 604. The van der Waals surface area contributed by atoms with Crippen molar-refractivity contribution in [1.82, 2.24) is 5.32 Å². The molecule has 0 aliphatic rings. The molecule has 1 aromatic carbocycles. The lowest BCUT2D eigenvalue weighted by molar-refractivity contribution is -0.131. The lowest BCUT2D eigenvalue weighted by Crippen LogP contribution is -2.36. The summed E-state index contributed by atoms with van der Waals surface area (Å²) in [5.41, 5.74) is 0.631. The second kappa shape index (κ2) is 8.12. The maximum Gasteiger partial charge on any atom is 0.328 e. The molecule has 1 aromatic rings. The molecule has 6 heteroatoms. The average Bonchev–Trinajstić information content (AvgIpc) is 2.44. The minimum atomic E-state index is -1.05. The maximum atomic E-state index is 11.6. The van der Waals surface area contributed by atoms with E-state index in [0.29, 0.717) is 11.3 Å². The Morgan fingerprint density at radius 3 is 2.90 bits per heavy atom. The number of rotatable bonds is 6.